The van der Waals surface area contributed by atoms with E-state index in [2.05, 4.69) is 48.2 Å². The molecule has 18 heavy (non-hydrogen) atoms. The average Bonchev–Trinajstić information content (AvgIpc) is 2.70. The molecular formula is C12H12Br2N2OS. The number of carbonyl (C=O) groups is 1. The third kappa shape index (κ3) is 2.92. The molecule has 6 heteroatoms. The Morgan fingerprint density at radius 3 is 2.94 bits per heavy atom. The molecule has 0 bridgehead atoms. The van der Waals surface area contributed by atoms with Crippen LogP contribution >= 0.6 is 43.2 Å². The lowest BCUT2D eigenvalue weighted by atomic mass is 10.2. The first kappa shape index (κ1) is 14.0. The maximum absolute atomic E-state index is 11.8. The second-order valence-corrected chi connectivity index (χ2v) is 6.97. The van der Waals surface area contributed by atoms with Crippen molar-refractivity contribution in [1.82, 2.24) is 4.98 Å². The van der Waals surface area contributed by atoms with Gasteiger partial charge < -0.3 is 5.32 Å². The van der Waals surface area contributed by atoms with Crippen molar-refractivity contribution >= 4 is 64.5 Å². The number of amides is 1. The molecule has 0 aliphatic carbocycles. The van der Waals surface area contributed by atoms with Gasteiger partial charge in [0.05, 0.1) is 15.0 Å². The Morgan fingerprint density at radius 2 is 2.28 bits per heavy atom. The summed E-state index contributed by atoms with van der Waals surface area (Å²) in [6.07, 6.45) is 0.750. The molecule has 0 spiro atoms. The van der Waals surface area contributed by atoms with Gasteiger partial charge in [-0.2, -0.15) is 0 Å². The molecule has 0 aliphatic heterocycles. The van der Waals surface area contributed by atoms with E-state index in [9.17, 15) is 4.79 Å². The summed E-state index contributed by atoms with van der Waals surface area (Å²) in [4.78, 5) is 16.0. The highest BCUT2D eigenvalue weighted by Gasteiger charge is 2.15. The van der Waals surface area contributed by atoms with Crippen molar-refractivity contribution in [3.63, 3.8) is 0 Å². The smallest absolute Gasteiger partial charge is 0.239 e. The first-order valence-electron chi connectivity index (χ1n) is 5.53. The van der Waals surface area contributed by atoms with Crippen molar-refractivity contribution in [2.45, 2.75) is 25.1 Å². The van der Waals surface area contributed by atoms with Crippen LogP contribution in [0.3, 0.4) is 0 Å². The third-order valence-corrected chi connectivity index (χ3v) is 5.05. The molecule has 1 heterocycles. The molecule has 0 radical (unpaired) electrons. The van der Waals surface area contributed by atoms with Crippen LogP contribution in [0.5, 0.6) is 0 Å². The highest BCUT2D eigenvalue weighted by molar-refractivity contribution is 9.10. The van der Waals surface area contributed by atoms with Crippen LogP contribution in [-0.2, 0) is 4.79 Å². The normalized spacial score (nSPS) is 12.7. The van der Waals surface area contributed by atoms with Crippen molar-refractivity contribution in [1.29, 1.82) is 0 Å². The minimum absolute atomic E-state index is 0.0515. The van der Waals surface area contributed by atoms with Crippen LogP contribution in [0.25, 0.3) is 10.2 Å². The molecular weight excluding hydrogens is 380 g/mol. The first-order valence-corrected chi connectivity index (χ1v) is 8.05. The number of halogens is 2. The van der Waals surface area contributed by atoms with E-state index in [1.165, 1.54) is 16.9 Å². The number of hydrogen-bond donors (Lipinski definition) is 1. The van der Waals surface area contributed by atoms with Gasteiger partial charge in [0.2, 0.25) is 5.91 Å². The lowest BCUT2D eigenvalue weighted by Crippen LogP contribution is -2.21. The number of rotatable bonds is 3. The maximum atomic E-state index is 11.8. The van der Waals surface area contributed by atoms with Crippen molar-refractivity contribution in [3.05, 3.63) is 22.2 Å². The van der Waals surface area contributed by atoms with Gasteiger partial charge in [-0.3, -0.25) is 4.79 Å². The lowest BCUT2D eigenvalue weighted by Gasteiger charge is -2.04. The number of nitrogens with one attached hydrogen (secondary N) is 1. The molecule has 1 atom stereocenters. The van der Waals surface area contributed by atoms with Crippen molar-refractivity contribution in [2.24, 2.45) is 0 Å². The van der Waals surface area contributed by atoms with Gasteiger partial charge in [-0.25, -0.2) is 4.98 Å². The number of thiazole rings is 1. The Hall–Kier alpha value is -0.460. The summed E-state index contributed by atoms with van der Waals surface area (Å²) in [6, 6.07) is 4.09. The van der Waals surface area contributed by atoms with Gasteiger partial charge >= 0.3 is 0 Å². The first-order chi connectivity index (χ1) is 8.51. The Kier molecular flexibility index (Phi) is 4.40. The van der Waals surface area contributed by atoms with Gasteiger partial charge in [0, 0.05) is 4.47 Å². The number of hydrogen-bond acceptors (Lipinski definition) is 3. The van der Waals surface area contributed by atoms with E-state index in [0.717, 1.165) is 21.1 Å². The molecule has 0 saturated heterocycles. The monoisotopic (exact) mass is 390 g/mol. The highest BCUT2D eigenvalue weighted by Crippen LogP contribution is 2.32. The molecule has 0 saturated carbocycles. The molecule has 1 amide bonds. The number of carbonyl (C=O) groups excluding carboxylic acids is 1. The maximum Gasteiger partial charge on any atom is 0.239 e. The Morgan fingerprint density at radius 1 is 1.56 bits per heavy atom. The Labute approximate surface area is 126 Å². The van der Waals surface area contributed by atoms with Gasteiger partial charge in [0.25, 0.3) is 0 Å². The summed E-state index contributed by atoms with van der Waals surface area (Å²) in [5, 5.41) is 3.47. The van der Waals surface area contributed by atoms with Gasteiger partial charge in [0.15, 0.2) is 5.13 Å². The summed E-state index contributed by atoms with van der Waals surface area (Å²) in [7, 11) is 0. The van der Waals surface area contributed by atoms with Crippen molar-refractivity contribution in [3.8, 4) is 0 Å². The molecule has 0 aliphatic rings. The molecule has 96 valence electrons. The Balaban J connectivity index is 2.31. The molecule has 3 nitrogen and oxygen atoms in total. The number of alkyl halides is 1. The van der Waals surface area contributed by atoms with Crippen molar-refractivity contribution in [2.75, 3.05) is 5.32 Å². The fourth-order valence-corrected chi connectivity index (χ4v) is 3.44. The van der Waals surface area contributed by atoms with Crippen LogP contribution < -0.4 is 5.32 Å². The molecule has 1 aromatic heterocycles. The zero-order valence-electron chi connectivity index (χ0n) is 9.96. The second-order valence-electron chi connectivity index (χ2n) is 3.98. The van der Waals surface area contributed by atoms with Gasteiger partial charge in [-0.05, 0) is 47.0 Å². The zero-order valence-corrected chi connectivity index (χ0v) is 13.9. The fourth-order valence-electron chi connectivity index (χ4n) is 1.54. The minimum atomic E-state index is -0.172. The minimum Gasteiger partial charge on any atom is -0.301 e. The fraction of sp³-hybridized carbons (Fsp3) is 0.333. The SMILES string of the molecule is CC[C@H](Br)C(=O)Nc1nc2c(Br)cc(C)cc2s1. The standard InChI is InChI=1S/C12H12Br2N2OS/c1-3-7(13)11(17)16-12-15-10-8(14)4-6(2)5-9(10)18-12/h4-5,7H,3H2,1-2H3,(H,15,16,17)/t7-/m0/s1. The van der Waals surface area contributed by atoms with Gasteiger partial charge in [-0.1, -0.05) is 34.2 Å². The Bertz CT molecular complexity index is 597. The van der Waals surface area contributed by atoms with Gasteiger partial charge in [0.1, 0.15) is 0 Å². The number of nitrogens with zero attached hydrogens (tertiary/aromatic N) is 1. The largest absolute Gasteiger partial charge is 0.301 e. The average molecular weight is 392 g/mol. The van der Waals surface area contributed by atoms with Crippen LogP contribution in [0, 0.1) is 6.92 Å². The van der Waals surface area contributed by atoms with Crippen molar-refractivity contribution < 1.29 is 4.79 Å². The highest BCUT2D eigenvalue weighted by atomic mass is 79.9. The van der Waals surface area contributed by atoms with Crippen LogP contribution in [0.1, 0.15) is 18.9 Å². The summed E-state index contributed by atoms with van der Waals surface area (Å²) in [6.45, 7) is 3.99. The summed E-state index contributed by atoms with van der Waals surface area (Å²) in [5.41, 5.74) is 2.06. The summed E-state index contributed by atoms with van der Waals surface area (Å²) < 4.78 is 2.03. The van der Waals surface area contributed by atoms with Crippen LogP contribution in [0.4, 0.5) is 5.13 Å². The number of benzene rings is 1. The number of aryl methyl sites for hydroxylation is 1. The molecule has 1 aromatic carbocycles. The molecule has 0 fully saturated rings. The van der Waals surface area contributed by atoms with E-state index >= 15 is 0 Å². The lowest BCUT2D eigenvalue weighted by molar-refractivity contribution is -0.115. The van der Waals surface area contributed by atoms with Crippen LogP contribution in [-0.4, -0.2) is 15.7 Å². The summed E-state index contributed by atoms with van der Waals surface area (Å²) >= 11 is 8.31. The van der Waals surface area contributed by atoms with E-state index in [0.29, 0.717) is 5.13 Å². The van der Waals surface area contributed by atoms with E-state index in [1.807, 2.05) is 19.9 Å². The topological polar surface area (TPSA) is 42.0 Å². The summed E-state index contributed by atoms with van der Waals surface area (Å²) in [5.74, 6) is -0.0515. The predicted octanol–water partition coefficient (Wildman–Crippen LogP) is 4.48. The van der Waals surface area contributed by atoms with E-state index in [1.54, 1.807) is 0 Å². The second kappa shape index (κ2) is 5.67. The number of aromatic nitrogens is 1. The molecule has 2 aromatic rings. The number of anilines is 1. The number of fused-ring (bicyclic) bond motifs is 1. The molecule has 2 rings (SSSR count). The van der Waals surface area contributed by atoms with Crippen LogP contribution in [0.2, 0.25) is 0 Å². The molecule has 0 unspecified atom stereocenters. The van der Waals surface area contributed by atoms with E-state index in [4.69, 9.17) is 0 Å². The quantitative estimate of drug-likeness (QED) is 0.783. The van der Waals surface area contributed by atoms with E-state index in [-0.39, 0.29) is 10.7 Å². The zero-order chi connectivity index (χ0) is 13.3. The van der Waals surface area contributed by atoms with Gasteiger partial charge in [-0.15, -0.1) is 0 Å². The predicted molar refractivity (Wildman–Crippen MR) is 83.7 cm³/mol. The van der Waals surface area contributed by atoms with Crippen LogP contribution in [0.15, 0.2) is 16.6 Å². The molecule has 1 N–H and O–H groups in total. The third-order valence-electron chi connectivity index (χ3n) is 2.47. The van der Waals surface area contributed by atoms with E-state index < -0.39 is 0 Å².